The Balaban J connectivity index is 1.59. The maximum Gasteiger partial charge on any atom is 0.263 e. The summed E-state index contributed by atoms with van der Waals surface area (Å²) in [6.07, 6.45) is 5.25. The number of hydrogen-bond acceptors (Lipinski definition) is 7. The van der Waals surface area contributed by atoms with Gasteiger partial charge in [0.2, 0.25) is 0 Å². The first-order valence-corrected chi connectivity index (χ1v) is 12.4. The number of benzene rings is 2. The summed E-state index contributed by atoms with van der Waals surface area (Å²) in [7, 11) is 1.87. The van der Waals surface area contributed by atoms with Crippen LogP contribution in [0.4, 0.5) is 5.82 Å². The van der Waals surface area contributed by atoms with Crippen LogP contribution in [-0.2, 0) is 7.05 Å². The van der Waals surface area contributed by atoms with Crippen molar-refractivity contribution in [3.8, 4) is 16.8 Å². The molecule has 0 amide bonds. The number of rotatable bonds is 5. The molecule has 9 heteroatoms. The second-order valence-corrected chi connectivity index (χ2v) is 9.65. The number of aromatic nitrogens is 6. The summed E-state index contributed by atoms with van der Waals surface area (Å²) in [6, 6.07) is 15.8. The Bertz CT molecular complexity index is 1800. The number of thiazole rings is 1. The Morgan fingerprint density at radius 3 is 2.72 bits per heavy atom. The number of nitrogens with one attached hydrogen (secondary N) is 1. The molecule has 36 heavy (non-hydrogen) atoms. The predicted octanol–water partition coefficient (Wildman–Crippen LogP) is 5.27. The van der Waals surface area contributed by atoms with Gasteiger partial charge >= 0.3 is 0 Å². The molecule has 0 spiro atoms. The maximum atomic E-state index is 14.3. The highest BCUT2D eigenvalue weighted by molar-refractivity contribution is 7.16. The van der Waals surface area contributed by atoms with E-state index in [1.165, 1.54) is 17.7 Å². The highest BCUT2D eigenvalue weighted by Crippen LogP contribution is 2.31. The van der Waals surface area contributed by atoms with Crippen molar-refractivity contribution in [2.75, 3.05) is 5.32 Å². The van der Waals surface area contributed by atoms with E-state index in [4.69, 9.17) is 0 Å². The summed E-state index contributed by atoms with van der Waals surface area (Å²) in [5.74, 6) is 0.640. The standard InChI is InChI=1S/C27H23N7OS/c1-16-6-4-8-20(10-16)34-22(17(2)32-25-24-26(29-14-28-25)36-15-30-24)11-18-7-5-9-21(23(18)27(34)35)19-12-31-33(3)13-19/h4-15,17H,1-3H3,(H,28,29,32)/t17-/m0/s1. The monoisotopic (exact) mass is 493 g/mol. The predicted molar refractivity (Wildman–Crippen MR) is 144 cm³/mol. The quantitative estimate of drug-likeness (QED) is 0.352. The van der Waals surface area contributed by atoms with Gasteiger partial charge in [0.05, 0.1) is 23.1 Å². The number of aryl methyl sites for hydroxylation is 2. The number of hydrogen-bond donors (Lipinski definition) is 1. The van der Waals surface area contributed by atoms with Crippen LogP contribution in [0, 0.1) is 6.92 Å². The summed E-state index contributed by atoms with van der Waals surface area (Å²) in [5, 5.41) is 9.32. The molecule has 0 fully saturated rings. The Morgan fingerprint density at radius 1 is 1.06 bits per heavy atom. The molecule has 0 aliphatic heterocycles. The molecular weight excluding hydrogens is 470 g/mol. The normalized spacial score (nSPS) is 12.3. The lowest BCUT2D eigenvalue weighted by molar-refractivity contribution is 0.768. The number of nitrogens with zero attached hydrogens (tertiary/aromatic N) is 6. The lowest BCUT2D eigenvalue weighted by Gasteiger charge is -2.22. The fraction of sp³-hybridized carbons (Fsp3) is 0.148. The van der Waals surface area contributed by atoms with Gasteiger partial charge in [-0.2, -0.15) is 5.10 Å². The van der Waals surface area contributed by atoms with Gasteiger partial charge in [-0.25, -0.2) is 15.0 Å². The van der Waals surface area contributed by atoms with E-state index in [1.807, 2.05) is 69.6 Å². The van der Waals surface area contributed by atoms with E-state index in [-0.39, 0.29) is 11.6 Å². The number of fused-ring (bicyclic) bond motifs is 2. The maximum absolute atomic E-state index is 14.3. The van der Waals surface area contributed by atoms with Gasteiger partial charge in [0.25, 0.3) is 5.56 Å². The average Bonchev–Trinajstić information content (AvgIpc) is 3.53. The van der Waals surface area contributed by atoms with Gasteiger partial charge < -0.3 is 5.32 Å². The molecule has 4 aromatic heterocycles. The molecule has 0 unspecified atom stereocenters. The first-order chi connectivity index (χ1) is 17.5. The fourth-order valence-electron chi connectivity index (χ4n) is 4.61. The van der Waals surface area contributed by atoms with E-state index < -0.39 is 0 Å². The van der Waals surface area contributed by atoms with Crippen LogP contribution >= 0.6 is 11.3 Å². The number of anilines is 1. The van der Waals surface area contributed by atoms with E-state index >= 15 is 0 Å². The third-order valence-electron chi connectivity index (χ3n) is 6.28. The zero-order chi connectivity index (χ0) is 24.8. The molecule has 1 atom stereocenters. The molecule has 178 valence electrons. The molecule has 6 rings (SSSR count). The molecule has 8 nitrogen and oxygen atoms in total. The van der Waals surface area contributed by atoms with Crippen molar-refractivity contribution in [2.45, 2.75) is 19.9 Å². The minimum atomic E-state index is -0.246. The van der Waals surface area contributed by atoms with E-state index in [0.717, 1.165) is 43.8 Å². The van der Waals surface area contributed by atoms with Crippen molar-refractivity contribution in [1.29, 1.82) is 0 Å². The van der Waals surface area contributed by atoms with Crippen LogP contribution in [0.1, 0.15) is 24.2 Å². The summed E-state index contributed by atoms with van der Waals surface area (Å²) < 4.78 is 3.54. The third kappa shape index (κ3) is 3.74. The van der Waals surface area contributed by atoms with Crippen LogP contribution < -0.4 is 10.9 Å². The van der Waals surface area contributed by atoms with Crippen molar-refractivity contribution in [1.82, 2.24) is 29.3 Å². The van der Waals surface area contributed by atoms with Crippen LogP contribution in [0.5, 0.6) is 0 Å². The van der Waals surface area contributed by atoms with Crippen molar-refractivity contribution in [3.63, 3.8) is 0 Å². The van der Waals surface area contributed by atoms with Crippen molar-refractivity contribution in [2.24, 2.45) is 7.05 Å². The summed E-state index contributed by atoms with van der Waals surface area (Å²) in [6.45, 7) is 4.05. The molecular formula is C27H23N7OS. The van der Waals surface area contributed by atoms with Crippen LogP contribution in [0.3, 0.4) is 0 Å². The van der Waals surface area contributed by atoms with E-state index in [1.54, 1.807) is 21.0 Å². The van der Waals surface area contributed by atoms with E-state index in [0.29, 0.717) is 11.2 Å². The van der Waals surface area contributed by atoms with Gasteiger partial charge in [0.1, 0.15) is 16.7 Å². The lowest BCUT2D eigenvalue weighted by Crippen LogP contribution is -2.26. The molecule has 2 aromatic carbocycles. The zero-order valence-corrected chi connectivity index (χ0v) is 20.8. The topological polar surface area (TPSA) is 90.5 Å². The highest BCUT2D eigenvalue weighted by atomic mass is 32.1. The largest absolute Gasteiger partial charge is 0.360 e. The lowest BCUT2D eigenvalue weighted by atomic mass is 9.99. The summed E-state index contributed by atoms with van der Waals surface area (Å²) in [5.41, 5.74) is 6.87. The molecule has 0 saturated heterocycles. The van der Waals surface area contributed by atoms with Gasteiger partial charge in [-0.3, -0.25) is 14.0 Å². The Hall–Kier alpha value is -4.37. The van der Waals surface area contributed by atoms with Gasteiger partial charge in [-0.05, 0) is 48.6 Å². The van der Waals surface area contributed by atoms with Crippen LogP contribution in [0.15, 0.2) is 77.6 Å². The zero-order valence-electron chi connectivity index (χ0n) is 20.0. The Morgan fingerprint density at radius 2 is 1.92 bits per heavy atom. The fourth-order valence-corrected chi connectivity index (χ4v) is 5.24. The molecule has 0 bridgehead atoms. The minimum Gasteiger partial charge on any atom is -0.360 e. The van der Waals surface area contributed by atoms with Crippen LogP contribution in [0.2, 0.25) is 0 Å². The molecule has 1 N–H and O–H groups in total. The Kier molecular flexibility index (Phi) is 5.34. The second-order valence-electron chi connectivity index (χ2n) is 8.82. The van der Waals surface area contributed by atoms with Crippen LogP contribution in [0.25, 0.3) is 37.9 Å². The molecule has 0 saturated carbocycles. The number of pyridine rings is 1. The average molecular weight is 494 g/mol. The first kappa shape index (κ1) is 22.1. The Labute approximate surface area is 210 Å². The smallest absolute Gasteiger partial charge is 0.263 e. The van der Waals surface area contributed by atoms with Crippen molar-refractivity contribution in [3.05, 3.63) is 94.4 Å². The first-order valence-electron chi connectivity index (χ1n) is 11.5. The van der Waals surface area contributed by atoms with Gasteiger partial charge in [-0.1, -0.05) is 30.3 Å². The molecule has 0 aliphatic rings. The molecule has 0 radical (unpaired) electrons. The molecule has 0 aliphatic carbocycles. The second kappa shape index (κ2) is 8.69. The van der Waals surface area contributed by atoms with Crippen LogP contribution in [-0.4, -0.2) is 29.3 Å². The minimum absolute atomic E-state index is 0.0808. The van der Waals surface area contributed by atoms with Gasteiger partial charge in [0.15, 0.2) is 5.82 Å². The van der Waals surface area contributed by atoms with Crippen molar-refractivity contribution < 1.29 is 0 Å². The van der Waals surface area contributed by atoms with Crippen molar-refractivity contribution >= 4 is 38.3 Å². The van der Waals surface area contributed by atoms with E-state index in [9.17, 15) is 4.79 Å². The highest BCUT2D eigenvalue weighted by Gasteiger charge is 2.20. The summed E-state index contributed by atoms with van der Waals surface area (Å²) in [4.78, 5) is 28.2. The third-order valence-corrected chi connectivity index (χ3v) is 7.02. The molecule has 4 heterocycles. The van der Waals surface area contributed by atoms with E-state index in [2.05, 4.69) is 31.4 Å². The van der Waals surface area contributed by atoms with Gasteiger partial charge in [-0.15, -0.1) is 11.3 Å². The summed E-state index contributed by atoms with van der Waals surface area (Å²) >= 11 is 1.47. The SMILES string of the molecule is Cc1cccc(-n2c([C@H](C)Nc3ncnc4scnc34)cc3cccc(-c4cnn(C)c4)c3c2=O)c1. The molecule has 6 aromatic rings. The van der Waals surface area contributed by atoms with Gasteiger partial charge in [0, 0.05) is 30.2 Å².